The summed E-state index contributed by atoms with van der Waals surface area (Å²) < 4.78 is 5.35. The minimum absolute atomic E-state index is 0.0731. The van der Waals surface area contributed by atoms with Crippen LogP contribution in [0.15, 0.2) is 11.8 Å². The lowest BCUT2D eigenvalue weighted by molar-refractivity contribution is -0.140. The molecule has 3 atom stereocenters. The molecule has 0 aromatic carbocycles. The summed E-state index contributed by atoms with van der Waals surface area (Å²) in [6.45, 7) is 6.32. The van der Waals surface area contributed by atoms with Crippen molar-refractivity contribution >= 4 is 11.7 Å². The number of rotatable bonds is 10. The number of ether oxygens (including phenoxy) is 1. The lowest BCUT2D eigenvalue weighted by Gasteiger charge is -2.30. The zero-order valence-electron chi connectivity index (χ0n) is 14.9. The molecule has 5 nitrogen and oxygen atoms in total. The molecule has 0 radical (unpaired) electrons. The van der Waals surface area contributed by atoms with Crippen molar-refractivity contribution in [2.45, 2.75) is 71.5 Å². The van der Waals surface area contributed by atoms with Gasteiger partial charge in [-0.15, -0.1) is 0 Å². The van der Waals surface area contributed by atoms with Crippen molar-refractivity contribution in [3.63, 3.8) is 0 Å². The first-order valence-corrected chi connectivity index (χ1v) is 8.68. The molecule has 0 bridgehead atoms. The Morgan fingerprint density at radius 1 is 1.26 bits per heavy atom. The average Bonchev–Trinajstić information content (AvgIpc) is 2.55. The molecule has 0 saturated heterocycles. The number of carbonyl (C=O) groups is 2. The molecule has 1 amide bonds. The predicted molar refractivity (Wildman–Crippen MR) is 89.8 cm³/mol. The van der Waals surface area contributed by atoms with Crippen molar-refractivity contribution in [3.8, 4) is 0 Å². The Morgan fingerprint density at radius 2 is 1.96 bits per heavy atom. The van der Waals surface area contributed by atoms with Gasteiger partial charge in [0.05, 0.1) is 12.2 Å². The highest BCUT2D eigenvalue weighted by molar-refractivity contribution is 6.11. The summed E-state index contributed by atoms with van der Waals surface area (Å²) in [5.41, 5.74) is 0.635. The van der Waals surface area contributed by atoms with Gasteiger partial charge in [-0.1, -0.05) is 13.8 Å². The van der Waals surface area contributed by atoms with Crippen LogP contribution in [0, 0.1) is 5.92 Å². The summed E-state index contributed by atoms with van der Waals surface area (Å²) in [5, 5.41) is 9.62. The normalized spacial score (nSPS) is 21.3. The second-order valence-corrected chi connectivity index (χ2v) is 6.31. The quantitative estimate of drug-likeness (QED) is 0.627. The van der Waals surface area contributed by atoms with Gasteiger partial charge in [0, 0.05) is 25.4 Å². The second kappa shape index (κ2) is 9.83. The van der Waals surface area contributed by atoms with Gasteiger partial charge >= 0.3 is 0 Å². The van der Waals surface area contributed by atoms with Crippen LogP contribution >= 0.6 is 0 Å². The number of allylic oxidation sites excluding steroid dienone is 1. The Balaban J connectivity index is 2.65. The van der Waals surface area contributed by atoms with Gasteiger partial charge in [-0.3, -0.25) is 9.59 Å². The van der Waals surface area contributed by atoms with Crippen LogP contribution in [0.3, 0.4) is 0 Å². The van der Waals surface area contributed by atoms with E-state index >= 15 is 0 Å². The molecule has 0 aromatic rings. The number of aliphatic hydroxyl groups is 1. The number of Topliss-reactive ketones (excluding diaryl/α,β-unsaturated/α-hetero) is 1. The average molecular weight is 325 g/mol. The van der Waals surface area contributed by atoms with Gasteiger partial charge in [0.15, 0.2) is 5.78 Å². The second-order valence-electron chi connectivity index (χ2n) is 6.31. The van der Waals surface area contributed by atoms with Crippen molar-refractivity contribution in [3.05, 3.63) is 11.8 Å². The smallest absolute Gasteiger partial charge is 0.237 e. The number of ketones is 1. The molecule has 0 fully saturated rings. The van der Waals surface area contributed by atoms with Crippen molar-refractivity contribution < 1.29 is 19.4 Å². The Morgan fingerprint density at radius 3 is 2.52 bits per heavy atom. The van der Waals surface area contributed by atoms with Gasteiger partial charge < -0.3 is 14.7 Å². The van der Waals surface area contributed by atoms with Crippen molar-refractivity contribution in [2.75, 3.05) is 13.7 Å². The van der Waals surface area contributed by atoms with E-state index in [1.165, 1.54) is 0 Å². The van der Waals surface area contributed by atoms with E-state index in [-0.39, 0.29) is 23.9 Å². The number of hydrogen-bond acceptors (Lipinski definition) is 4. The van der Waals surface area contributed by atoms with E-state index < -0.39 is 5.92 Å². The minimum Gasteiger partial charge on any atom is -0.393 e. The lowest BCUT2D eigenvalue weighted by atomic mass is 9.88. The molecule has 1 aliphatic rings. The van der Waals surface area contributed by atoms with Gasteiger partial charge in [-0.25, -0.2) is 0 Å². The molecule has 5 heteroatoms. The number of aliphatic hydroxyl groups excluding tert-OH is 1. The van der Waals surface area contributed by atoms with E-state index in [0.29, 0.717) is 37.8 Å². The third-order valence-corrected chi connectivity index (χ3v) is 4.62. The number of carbonyl (C=O) groups excluding carboxylic acids is 2. The molecule has 3 unspecified atom stereocenters. The van der Waals surface area contributed by atoms with E-state index in [1.54, 1.807) is 25.1 Å². The molecule has 0 saturated carbocycles. The summed E-state index contributed by atoms with van der Waals surface area (Å²) in [6.07, 6.45) is 5.66. The fourth-order valence-electron chi connectivity index (χ4n) is 2.91. The first kappa shape index (κ1) is 19.8. The van der Waals surface area contributed by atoms with Crippen LogP contribution in [0.2, 0.25) is 0 Å². The molecule has 1 N–H and O–H groups in total. The van der Waals surface area contributed by atoms with Crippen LogP contribution in [-0.2, 0) is 14.3 Å². The molecule has 1 rings (SSSR count). The topological polar surface area (TPSA) is 66.8 Å². The van der Waals surface area contributed by atoms with E-state index in [1.807, 2.05) is 6.92 Å². The fourth-order valence-corrected chi connectivity index (χ4v) is 2.91. The van der Waals surface area contributed by atoms with Crippen molar-refractivity contribution in [2.24, 2.45) is 5.92 Å². The number of methoxy groups -OCH3 is 1. The number of hydrogen-bond donors (Lipinski definition) is 1. The monoisotopic (exact) mass is 325 g/mol. The largest absolute Gasteiger partial charge is 0.393 e. The Kier molecular flexibility index (Phi) is 8.48. The molecule has 1 heterocycles. The molecular weight excluding hydrogens is 294 g/mol. The predicted octanol–water partition coefficient (Wildman–Crippen LogP) is 2.67. The van der Waals surface area contributed by atoms with Crippen molar-refractivity contribution in [1.82, 2.24) is 4.90 Å². The molecule has 0 aromatic heterocycles. The van der Waals surface area contributed by atoms with Gasteiger partial charge in [0.1, 0.15) is 5.92 Å². The van der Waals surface area contributed by atoms with Crippen LogP contribution in [0.4, 0.5) is 0 Å². The maximum Gasteiger partial charge on any atom is 0.237 e. The van der Waals surface area contributed by atoms with Crippen LogP contribution in [0.5, 0.6) is 0 Å². The SMILES string of the molecule is CCC(O)CCCC1C(=O)C(C)=CN(CCC(CC)OC)C1=O. The first-order valence-electron chi connectivity index (χ1n) is 8.68. The summed E-state index contributed by atoms with van der Waals surface area (Å²) in [5.74, 6) is -0.778. The van der Waals surface area contributed by atoms with Gasteiger partial charge in [0.25, 0.3) is 0 Å². The van der Waals surface area contributed by atoms with Crippen LogP contribution < -0.4 is 0 Å². The highest BCUT2D eigenvalue weighted by Gasteiger charge is 2.34. The minimum atomic E-state index is -0.591. The molecule has 132 valence electrons. The molecule has 1 aliphatic heterocycles. The Hall–Kier alpha value is -1.20. The third kappa shape index (κ3) is 5.74. The summed E-state index contributed by atoms with van der Waals surface area (Å²) in [4.78, 5) is 26.5. The molecule has 0 spiro atoms. The van der Waals surface area contributed by atoms with E-state index in [2.05, 4.69) is 6.92 Å². The number of nitrogens with zero attached hydrogens (tertiary/aromatic N) is 1. The molecule has 0 aliphatic carbocycles. The first-order chi connectivity index (χ1) is 10.9. The molecule has 23 heavy (non-hydrogen) atoms. The van der Waals surface area contributed by atoms with Crippen LogP contribution in [0.1, 0.15) is 59.3 Å². The zero-order chi connectivity index (χ0) is 17.4. The highest BCUT2D eigenvalue weighted by Crippen LogP contribution is 2.24. The van der Waals surface area contributed by atoms with E-state index in [0.717, 1.165) is 12.8 Å². The maximum atomic E-state index is 12.6. The van der Waals surface area contributed by atoms with Gasteiger partial charge in [-0.05, 0) is 45.4 Å². The van der Waals surface area contributed by atoms with E-state index in [4.69, 9.17) is 4.74 Å². The third-order valence-electron chi connectivity index (χ3n) is 4.62. The van der Waals surface area contributed by atoms with Crippen LogP contribution in [-0.4, -0.2) is 47.6 Å². The Bertz CT molecular complexity index is 429. The van der Waals surface area contributed by atoms with Crippen molar-refractivity contribution in [1.29, 1.82) is 0 Å². The van der Waals surface area contributed by atoms with Gasteiger partial charge in [-0.2, -0.15) is 0 Å². The standard InChI is InChI=1S/C18H31NO4/c1-5-14(20)8-7-9-16-17(21)13(3)12-19(18(16)22)11-10-15(6-2)23-4/h12,14-16,20H,5-11H2,1-4H3. The fraction of sp³-hybridized carbons (Fsp3) is 0.778. The lowest BCUT2D eigenvalue weighted by Crippen LogP contribution is -2.42. The summed E-state index contributed by atoms with van der Waals surface area (Å²) >= 11 is 0. The Labute approximate surface area is 139 Å². The zero-order valence-corrected chi connectivity index (χ0v) is 14.9. The number of amides is 1. The molecular formula is C18H31NO4. The van der Waals surface area contributed by atoms with E-state index in [9.17, 15) is 14.7 Å². The van der Waals surface area contributed by atoms with Crippen LogP contribution in [0.25, 0.3) is 0 Å². The summed E-state index contributed by atoms with van der Waals surface area (Å²) in [7, 11) is 1.68. The summed E-state index contributed by atoms with van der Waals surface area (Å²) in [6, 6.07) is 0. The maximum absolute atomic E-state index is 12.6. The van der Waals surface area contributed by atoms with Gasteiger partial charge in [0.2, 0.25) is 5.91 Å². The highest BCUT2D eigenvalue weighted by atomic mass is 16.5.